The lowest BCUT2D eigenvalue weighted by atomic mass is 10.0. The second kappa shape index (κ2) is 14.3. The van der Waals surface area contributed by atoms with E-state index in [-0.39, 0.29) is 0 Å². The van der Waals surface area contributed by atoms with E-state index < -0.39 is 0 Å². The van der Waals surface area contributed by atoms with Crippen molar-refractivity contribution >= 4 is 45.0 Å². The van der Waals surface area contributed by atoms with Gasteiger partial charge in [-0.25, -0.2) is 0 Å². The first-order chi connectivity index (χ1) is 26.3. The molecule has 3 heteroatoms. The number of rotatable bonds is 9. The summed E-state index contributed by atoms with van der Waals surface area (Å²) in [5.74, 6) is 0. The fourth-order valence-corrected chi connectivity index (χ4v) is 7.22. The van der Waals surface area contributed by atoms with Crippen molar-refractivity contribution in [3.63, 3.8) is 0 Å². The standard InChI is InChI=1S/C50H37N3/c1-6-16-38(17-7-1)39-26-29-43(30-27-39)51-33-32-41-34-40(28-31-50(41)51)42-35-48(52(44-18-8-2-9-19-44)45-20-10-3-11-21-45)37-49(36-42)53(46-22-12-4-13-23-46)47-24-14-5-15-25-47/h1-37H. The molecule has 0 aliphatic carbocycles. The fraction of sp³-hybridized carbons (Fsp3) is 0. The van der Waals surface area contributed by atoms with Gasteiger partial charge in [0.1, 0.15) is 0 Å². The van der Waals surface area contributed by atoms with Crippen LogP contribution in [0.25, 0.3) is 38.8 Å². The summed E-state index contributed by atoms with van der Waals surface area (Å²) in [4.78, 5) is 4.69. The van der Waals surface area contributed by atoms with Crippen LogP contribution in [0.1, 0.15) is 0 Å². The summed E-state index contributed by atoms with van der Waals surface area (Å²) in [7, 11) is 0. The highest BCUT2D eigenvalue weighted by atomic mass is 15.2. The predicted molar refractivity (Wildman–Crippen MR) is 224 cm³/mol. The van der Waals surface area contributed by atoms with Crippen molar-refractivity contribution < 1.29 is 0 Å². The minimum Gasteiger partial charge on any atom is -0.317 e. The summed E-state index contributed by atoms with van der Waals surface area (Å²) in [5.41, 5.74) is 13.6. The lowest BCUT2D eigenvalue weighted by Gasteiger charge is -2.30. The normalized spacial score (nSPS) is 11.0. The third-order valence-electron chi connectivity index (χ3n) is 9.75. The van der Waals surface area contributed by atoms with Crippen LogP contribution in [0.15, 0.2) is 225 Å². The molecule has 0 aliphatic heterocycles. The molecule has 9 rings (SSSR count). The molecule has 0 aliphatic rings. The topological polar surface area (TPSA) is 11.4 Å². The van der Waals surface area contributed by atoms with E-state index in [1.807, 2.05) is 0 Å². The Balaban J connectivity index is 1.19. The molecule has 0 amide bonds. The summed E-state index contributed by atoms with van der Waals surface area (Å²) < 4.78 is 2.27. The molecule has 0 bridgehead atoms. The Bertz CT molecular complexity index is 2400. The quantitative estimate of drug-likeness (QED) is 0.150. The maximum Gasteiger partial charge on any atom is 0.0528 e. The smallest absolute Gasteiger partial charge is 0.0528 e. The average molecular weight is 680 g/mol. The first kappa shape index (κ1) is 31.9. The highest BCUT2D eigenvalue weighted by Crippen LogP contribution is 2.43. The van der Waals surface area contributed by atoms with Gasteiger partial charge in [-0.3, -0.25) is 0 Å². The maximum absolute atomic E-state index is 2.34. The number of nitrogens with zero attached hydrogens (tertiary/aromatic N) is 3. The number of para-hydroxylation sites is 4. The number of hydrogen-bond acceptors (Lipinski definition) is 2. The van der Waals surface area contributed by atoms with E-state index >= 15 is 0 Å². The van der Waals surface area contributed by atoms with Gasteiger partial charge in [-0.05, 0) is 119 Å². The maximum atomic E-state index is 2.34. The van der Waals surface area contributed by atoms with Gasteiger partial charge in [0.2, 0.25) is 0 Å². The number of hydrogen-bond donors (Lipinski definition) is 0. The van der Waals surface area contributed by atoms with Crippen molar-refractivity contribution in [2.45, 2.75) is 0 Å². The van der Waals surface area contributed by atoms with Gasteiger partial charge in [-0.1, -0.05) is 121 Å². The molecule has 0 radical (unpaired) electrons. The number of aromatic nitrogens is 1. The molecule has 1 aromatic heterocycles. The Hall–Kier alpha value is -7.10. The van der Waals surface area contributed by atoms with Gasteiger partial charge < -0.3 is 14.4 Å². The Kier molecular flexibility index (Phi) is 8.57. The fourth-order valence-electron chi connectivity index (χ4n) is 7.22. The minimum absolute atomic E-state index is 1.07. The highest BCUT2D eigenvalue weighted by molar-refractivity contribution is 5.91. The zero-order valence-corrected chi connectivity index (χ0v) is 29.2. The second-order valence-electron chi connectivity index (χ2n) is 13.1. The Labute approximate surface area is 310 Å². The van der Waals surface area contributed by atoms with Crippen LogP contribution in [0.2, 0.25) is 0 Å². The van der Waals surface area contributed by atoms with Gasteiger partial charge in [0, 0.05) is 51.4 Å². The second-order valence-corrected chi connectivity index (χ2v) is 13.1. The number of fused-ring (bicyclic) bond motifs is 1. The van der Waals surface area contributed by atoms with Gasteiger partial charge in [-0.15, -0.1) is 0 Å². The summed E-state index contributed by atoms with van der Waals surface area (Å²) in [6.07, 6.45) is 2.17. The molecule has 0 saturated carbocycles. The van der Waals surface area contributed by atoms with E-state index in [2.05, 4.69) is 239 Å². The molecule has 252 valence electrons. The molecule has 0 N–H and O–H groups in total. The summed E-state index contributed by atoms with van der Waals surface area (Å²) in [5, 5.41) is 1.19. The van der Waals surface area contributed by atoms with Gasteiger partial charge in [0.05, 0.1) is 5.52 Å². The molecular weight excluding hydrogens is 643 g/mol. The molecule has 53 heavy (non-hydrogen) atoms. The van der Waals surface area contributed by atoms with Crippen molar-refractivity contribution in [1.82, 2.24) is 4.57 Å². The zero-order valence-electron chi connectivity index (χ0n) is 29.2. The molecule has 0 saturated heterocycles. The van der Waals surface area contributed by atoms with Crippen LogP contribution >= 0.6 is 0 Å². The summed E-state index contributed by atoms with van der Waals surface area (Å²) >= 11 is 0. The third-order valence-corrected chi connectivity index (χ3v) is 9.75. The summed E-state index contributed by atoms with van der Waals surface area (Å²) in [6, 6.07) is 77.8. The molecular formula is C50H37N3. The van der Waals surface area contributed by atoms with Gasteiger partial charge >= 0.3 is 0 Å². The number of benzene rings is 8. The van der Waals surface area contributed by atoms with E-state index in [4.69, 9.17) is 0 Å². The van der Waals surface area contributed by atoms with E-state index in [1.165, 1.54) is 22.0 Å². The molecule has 1 heterocycles. The van der Waals surface area contributed by atoms with Crippen LogP contribution < -0.4 is 9.80 Å². The van der Waals surface area contributed by atoms with Crippen LogP contribution in [0.5, 0.6) is 0 Å². The average Bonchev–Trinajstić information content (AvgIpc) is 3.67. The van der Waals surface area contributed by atoms with Crippen LogP contribution in [-0.2, 0) is 0 Å². The molecule has 3 nitrogen and oxygen atoms in total. The van der Waals surface area contributed by atoms with E-state index in [9.17, 15) is 0 Å². The molecule has 9 aromatic rings. The van der Waals surface area contributed by atoms with Crippen LogP contribution in [-0.4, -0.2) is 4.57 Å². The largest absolute Gasteiger partial charge is 0.317 e. The molecule has 0 unspecified atom stereocenters. The van der Waals surface area contributed by atoms with Gasteiger partial charge in [0.15, 0.2) is 0 Å². The van der Waals surface area contributed by atoms with Crippen molar-refractivity contribution in [3.05, 3.63) is 225 Å². The Morgan fingerprint density at radius 3 is 1.17 bits per heavy atom. The Morgan fingerprint density at radius 2 is 0.698 bits per heavy atom. The van der Waals surface area contributed by atoms with E-state index in [0.29, 0.717) is 0 Å². The first-order valence-electron chi connectivity index (χ1n) is 18.0. The van der Waals surface area contributed by atoms with E-state index in [1.54, 1.807) is 0 Å². The van der Waals surface area contributed by atoms with Crippen molar-refractivity contribution in [3.8, 4) is 27.9 Å². The van der Waals surface area contributed by atoms with Crippen LogP contribution in [0.3, 0.4) is 0 Å². The zero-order chi connectivity index (χ0) is 35.4. The molecule has 0 fully saturated rings. The SMILES string of the molecule is c1ccc(-c2ccc(-n3ccc4cc(-c5cc(N(c6ccccc6)c6ccccc6)cc(N(c6ccccc6)c6ccccc6)c5)ccc43)cc2)cc1. The monoisotopic (exact) mass is 679 g/mol. The molecule has 0 spiro atoms. The van der Waals surface area contributed by atoms with Crippen LogP contribution in [0.4, 0.5) is 34.1 Å². The predicted octanol–water partition coefficient (Wildman–Crippen LogP) is 13.9. The third kappa shape index (κ3) is 6.48. The lowest BCUT2D eigenvalue weighted by Crippen LogP contribution is -2.13. The number of anilines is 6. The van der Waals surface area contributed by atoms with E-state index in [0.717, 1.165) is 50.9 Å². The minimum atomic E-state index is 1.07. The van der Waals surface area contributed by atoms with Crippen molar-refractivity contribution in [2.24, 2.45) is 0 Å². The highest BCUT2D eigenvalue weighted by Gasteiger charge is 2.19. The molecule has 8 aromatic carbocycles. The first-order valence-corrected chi connectivity index (χ1v) is 18.0. The van der Waals surface area contributed by atoms with Gasteiger partial charge in [0.25, 0.3) is 0 Å². The molecule has 0 atom stereocenters. The summed E-state index contributed by atoms with van der Waals surface area (Å²) in [6.45, 7) is 0. The van der Waals surface area contributed by atoms with Crippen LogP contribution in [0, 0.1) is 0 Å². The van der Waals surface area contributed by atoms with Gasteiger partial charge in [-0.2, -0.15) is 0 Å². The van der Waals surface area contributed by atoms with Crippen molar-refractivity contribution in [2.75, 3.05) is 9.80 Å². The lowest BCUT2D eigenvalue weighted by molar-refractivity contribution is 1.13. The Morgan fingerprint density at radius 1 is 0.283 bits per heavy atom. The van der Waals surface area contributed by atoms with Crippen molar-refractivity contribution in [1.29, 1.82) is 0 Å².